The summed E-state index contributed by atoms with van der Waals surface area (Å²) >= 11 is 0. The average molecular weight is 681 g/mol. The van der Waals surface area contributed by atoms with Gasteiger partial charge in [0.2, 0.25) is 5.91 Å². The van der Waals surface area contributed by atoms with E-state index in [-0.39, 0.29) is 35.8 Å². The number of hydrogen-bond donors (Lipinski definition) is 4. The smallest absolute Gasteiger partial charge is 0.240 e. The topological polar surface area (TPSA) is 109 Å². The van der Waals surface area contributed by atoms with Crippen LogP contribution in [0.5, 0.6) is 5.75 Å². The van der Waals surface area contributed by atoms with Crippen LogP contribution in [-0.2, 0) is 29.3 Å². The first-order valence-electron chi connectivity index (χ1n) is 18.3. The molecule has 0 bridgehead atoms. The van der Waals surface area contributed by atoms with Gasteiger partial charge in [0, 0.05) is 37.6 Å². The monoisotopic (exact) mass is 680 g/mol. The predicted molar refractivity (Wildman–Crippen MR) is 195 cm³/mol. The van der Waals surface area contributed by atoms with Gasteiger partial charge in [0.15, 0.2) is 0 Å². The fraction of sp³-hybridized carbons (Fsp3) is 0.675. The molecule has 0 radical (unpaired) electrons. The van der Waals surface area contributed by atoms with Crippen LogP contribution in [0.4, 0.5) is 0 Å². The zero-order valence-corrected chi connectivity index (χ0v) is 31.6. The molecule has 1 saturated heterocycles. The lowest BCUT2D eigenvalue weighted by molar-refractivity contribution is -0.182. The number of likely N-dealkylation sites (N-methyl/N-ethyl adjacent to an activating group) is 1. The van der Waals surface area contributed by atoms with Crippen molar-refractivity contribution in [1.82, 2.24) is 20.2 Å². The molecule has 274 valence electrons. The van der Waals surface area contributed by atoms with Crippen LogP contribution in [0.1, 0.15) is 78.5 Å². The van der Waals surface area contributed by atoms with Gasteiger partial charge in [0.1, 0.15) is 17.9 Å². The summed E-state index contributed by atoms with van der Waals surface area (Å²) in [6, 6.07) is 15.4. The predicted octanol–water partition coefficient (Wildman–Crippen LogP) is 5.28. The van der Waals surface area contributed by atoms with E-state index >= 15 is 0 Å². The quantitative estimate of drug-likeness (QED) is 0.214. The lowest BCUT2D eigenvalue weighted by atomic mass is 9.58. The number of phenols is 1. The molecule has 9 atom stereocenters. The molecule has 4 N–H and O–H groups in total. The Kier molecular flexibility index (Phi) is 13.3. The molecule has 1 aliphatic heterocycles. The Balaban J connectivity index is 1.58. The van der Waals surface area contributed by atoms with E-state index in [0.29, 0.717) is 43.3 Å². The molecule has 1 amide bonds. The molecule has 9 nitrogen and oxygen atoms in total. The standard InChI is InChI=1S/C40H64N4O5/c1-25(2)35(23-42(9)10)43(21-32-15-12-16-33(47)19-32)20-30-13-11-14-31(18-30)22-44-38(37(29(6)46)36(24-45)49-44)39(48)41-34-17-26(3)40(7,8)28(5)27(34)4/h11-16,18-19,25-29,34-38,45-47H,17,20-24H2,1-10H3,(H,41,48)/t26-,27+,28+,29+,34+,35-,36+,37-,38+/m1/s1. The normalized spacial score (nSPS) is 28.7. The molecular formula is C40H64N4O5. The van der Waals surface area contributed by atoms with Crippen molar-refractivity contribution in [3.05, 3.63) is 65.2 Å². The number of phenolic OH excluding ortho intramolecular Hbond substituents is 1. The minimum Gasteiger partial charge on any atom is -0.508 e. The Hall–Kier alpha value is -2.53. The highest BCUT2D eigenvalue weighted by Crippen LogP contribution is 2.47. The third kappa shape index (κ3) is 9.43. The number of aliphatic hydroxyl groups is 2. The van der Waals surface area contributed by atoms with Crippen molar-refractivity contribution in [1.29, 1.82) is 0 Å². The maximum atomic E-state index is 14.2. The molecule has 2 aromatic rings. The third-order valence-electron chi connectivity index (χ3n) is 12.0. The first kappa shape index (κ1) is 39.3. The minimum absolute atomic E-state index is 0.0205. The first-order valence-corrected chi connectivity index (χ1v) is 18.3. The van der Waals surface area contributed by atoms with E-state index in [1.807, 2.05) is 24.3 Å². The van der Waals surface area contributed by atoms with Crippen molar-refractivity contribution in [3.63, 3.8) is 0 Å². The highest BCUT2D eigenvalue weighted by atomic mass is 16.7. The summed E-state index contributed by atoms with van der Waals surface area (Å²) in [5.74, 6) is 1.10. The molecule has 2 fully saturated rings. The molecular weight excluding hydrogens is 616 g/mol. The minimum atomic E-state index is -0.847. The SMILES string of the molecule is CC(C)[C@@H](CN(C)C)N(Cc1cccc(O)c1)Cc1cccc(CN2O[C@@H](CO)[C@@H]([C@H](C)O)[C@H]2C(=O)N[C@H]2C[C@@H](C)C(C)(C)[C@@H](C)[C@@H]2C)c1. The second kappa shape index (κ2) is 16.7. The van der Waals surface area contributed by atoms with Crippen LogP contribution in [0.25, 0.3) is 0 Å². The van der Waals surface area contributed by atoms with Crippen LogP contribution in [0.3, 0.4) is 0 Å². The second-order valence-electron chi connectivity index (χ2n) is 16.4. The van der Waals surface area contributed by atoms with E-state index in [1.165, 1.54) is 0 Å². The molecule has 1 aliphatic carbocycles. The van der Waals surface area contributed by atoms with E-state index in [2.05, 4.69) is 95.9 Å². The molecule has 1 saturated carbocycles. The molecule has 2 aromatic carbocycles. The number of nitrogens with zero attached hydrogens (tertiary/aromatic N) is 3. The van der Waals surface area contributed by atoms with Crippen molar-refractivity contribution in [2.75, 3.05) is 27.2 Å². The molecule has 2 aliphatic rings. The molecule has 49 heavy (non-hydrogen) atoms. The summed E-state index contributed by atoms with van der Waals surface area (Å²) in [7, 11) is 4.20. The van der Waals surface area contributed by atoms with E-state index < -0.39 is 24.2 Å². The number of hydrogen-bond acceptors (Lipinski definition) is 8. The van der Waals surface area contributed by atoms with Crippen LogP contribution in [0.2, 0.25) is 0 Å². The zero-order valence-electron chi connectivity index (χ0n) is 31.6. The Morgan fingerprint density at radius 1 is 1.02 bits per heavy atom. The van der Waals surface area contributed by atoms with Gasteiger partial charge in [-0.2, -0.15) is 5.06 Å². The fourth-order valence-corrected chi connectivity index (χ4v) is 8.25. The van der Waals surface area contributed by atoms with Gasteiger partial charge in [-0.1, -0.05) is 84.9 Å². The summed E-state index contributed by atoms with van der Waals surface area (Å²) in [5.41, 5.74) is 3.35. The van der Waals surface area contributed by atoms with Gasteiger partial charge in [0.05, 0.1) is 19.3 Å². The number of rotatable bonds is 14. The highest BCUT2D eigenvalue weighted by Gasteiger charge is 2.51. The van der Waals surface area contributed by atoms with Crippen LogP contribution < -0.4 is 5.32 Å². The van der Waals surface area contributed by atoms with E-state index in [0.717, 1.165) is 29.7 Å². The largest absolute Gasteiger partial charge is 0.508 e. The van der Waals surface area contributed by atoms with Gasteiger partial charge in [-0.15, -0.1) is 0 Å². The van der Waals surface area contributed by atoms with E-state index in [4.69, 9.17) is 4.84 Å². The van der Waals surface area contributed by atoms with Gasteiger partial charge >= 0.3 is 0 Å². The summed E-state index contributed by atoms with van der Waals surface area (Å²) in [4.78, 5) is 25.1. The summed E-state index contributed by atoms with van der Waals surface area (Å²) in [6.07, 6.45) is -0.636. The van der Waals surface area contributed by atoms with Gasteiger partial charge < -0.3 is 25.5 Å². The van der Waals surface area contributed by atoms with Crippen LogP contribution in [0, 0.1) is 35.0 Å². The van der Waals surface area contributed by atoms with Crippen LogP contribution >= 0.6 is 0 Å². The van der Waals surface area contributed by atoms with Gasteiger partial charge in [-0.05, 0) is 85.3 Å². The number of carbonyl (C=O) groups is 1. The van der Waals surface area contributed by atoms with Gasteiger partial charge in [-0.25, -0.2) is 0 Å². The summed E-state index contributed by atoms with van der Waals surface area (Å²) in [5, 5.41) is 36.4. The molecule has 1 heterocycles. The number of hydroxylamine groups is 2. The molecule has 9 heteroatoms. The lowest BCUT2D eigenvalue weighted by Gasteiger charge is -2.50. The number of aliphatic hydroxyl groups excluding tert-OH is 2. The van der Waals surface area contributed by atoms with E-state index in [9.17, 15) is 20.1 Å². The zero-order chi connectivity index (χ0) is 36.2. The first-order chi connectivity index (χ1) is 23.0. The van der Waals surface area contributed by atoms with Crippen molar-refractivity contribution in [3.8, 4) is 5.75 Å². The fourth-order valence-electron chi connectivity index (χ4n) is 8.25. The van der Waals surface area contributed by atoms with Crippen molar-refractivity contribution in [2.45, 2.75) is 112 Å². The van der Waals surface area contributed by atoms with Gasteiger partial charge in [-0.3, -0.25) is 14.5 Å². The summed E-state index contributed by atoms with van der Waals surface area (Å²) < 4.78 is 0. The Morgan fingerprint density at radius 3 is 2.20 bits per heavy atom. The van der Waals surface area contributed by atoms with Crippen molar-refractivity contribution < 1.29 is 25.0 Å². The molecule has 0 aromatic heterocycles. The Labute approximate surface area is 295 Å². The van der Waals surface area contributed by atoms with Crippen molar-refractivity contribution in [2.24, 2.45) is 35.0 Å². The number of amides is 1. The average Bonchev–Trinajstić information content (AvgIpc) is 3.40. The molecule has 0 spiro atoms. The Bertz CT molecular complexity index is 1370. The molecule has 4 rings (SSSR count). The number of carbonyl (C=O) groups excluding carboxylic acids is 1. The molecule has 0 unspecified atom stereocenters. The van der Waals surface area contributed by atoms with Crippen molar-refractivity contribution >= 4 is 5.91 Å². The summed E-state index contributed by atoms with van der Waals surface area (Å²) in [6.45, 7) is 19.9. The van der Waals surface area contributed by atoms with E-state index in [1.54, 1.807) is 18.1 Å². The number of nitrogens with one attached hydrogen (secondary N) is 1. The van der Waals surface area contributed by atoms with Gasteiger partial charge in [0.25, 0.3) is 0 Å². The third-order valence-corrected chi connectivity index (χ3v) is 12.0. The lowest BCUT2D eigenvalue weighted by Crippen LogP contribution is -2.56. The Morgan fingerprint density at radius 2 is 1.63 bits per heavy atom. The number of benzene rings is 2. The maximum absolute atomic E-state index is 14.2. The van der Waals surface area contributed by atoms with Crippen LogP contribution in [-0.4, -0.2) is 93.7 Å². The maximum Gasteiger partial charge on any atom is 0.240 e. The highest BCUT2D eigenvalue weighted by molar-refractivity contribution is 5.82. The number of aromatic hydroxyl groups is 1. The van der Waals surface area contributed by atoms with Crippen LogP contribution in [0.15, 0.2) is 48.5 Å². The second-order valence-corrected chi connectivity index (χ2v) is 16.4.